The van der Waals surface area contributed by atoms with Gasteiger partial charge in [0, 0.05) is 24.0 Å². The summed E-state index contributed by atoms with van der Waals surface area (Å²) in [6, 6.07) is 9.33. The first-order valence-corrected chi connectivity index (χ1v) is 7.39. The summed E-state index contributed by atoms with van der Waals surface area (Å²) in [4.78, 5) is 19.4. The van der Waals surface area contributed by atoms with Crippen LogP contribution in [0.1, 0.15) is 9.67 Å². The van der Waals surface area contributed by atoms with Crippen molar-refractivity contribution in [2.24, 2.45) is 4.99 Å². The number of hydrogen-bond acceptors (Lipinski definition) is 4. The number of aliphatic imine (C=N–C) groups is 1. The largest absolute Gasteiger partial charge is 0.465 e. The molecule has 0 saturated heterocycles. The Hall–Kier alpha value is -1.85. The van der Waals surface area contributed by atoms with Crippen LogP contribution in [0.2, 0.25) is 5.02 Å². The molecule has 4 nitrogen and oxygen atoms in total. The van der Waals surface area contributed by atoms with E-state index in [1.54, 1.807) is 11.2 Å². The third kappa shape index (κ3) is 3.83. The van der Waals surface area contributed by atoms with Gasteiger partial charge in [0.15, 0.2) is 0 Å². The van der Waals surface area contributed by atoms with Crippen LogP contribution in [0.3, 0.4) is 0 Å². The molecule has 0 aliphatic heterocycles. The number of halogens is 1. The third-order valence-electron chi connectivity index (χ3n) is 2.64. The number of nitrogens with zero attached hydrogens (tertiary/aromatic N) is 2. The van der Waals surface area contributed by atoms with Crippen LogP contribution >= 0.6 is 22.9 Å². The lowest BCUT2D eigenvalue weighted by atomic mass is 10.2. The van der Waals surface area contributed by atoms with Crippen molar-refractivity contribution in [3.8, 4) is 10.4 Å². The molecule has 0 spiro atoms. The summed E-state index contributed by atoms with van der Waals surface area (Å²) in [5.41, 5.74) is 1.59. The molecule has 110 valence electrons. The second-order valence-electron chi connectivity index (χ2n) is 4.53. The fraction of sp³-hybridized carbons (Fsp3) is 0.200. The minimum Gasteiger partial charge on any atom is -0.465 e. The molecule has 6 heteroatoms. The molecule has 0 atom stereocenters. The summed E-state index contributed by atoms with van der Waals surface area (Å²) in [5.74, 6) is -0.383. The fourth-order valence-electron chi connectivity index (χ4n) is 1.65. The SMILES string of the molecule is COC(=O)c1sc(-c2ccc(Cl)cc2)cc1/N=C\N(C)C. The number of rotatable bonds is 4. The quantitative estimate of drug-likeness (QED) is 0.484. The van der Waals surface area contributed by atoms with Crippen LogP contribution < -0.4 is 0 Å². The Morgan fingerprint density at radius 1 is 1.33 bits per heavy atom. The van der Waals surface area contributed by atoms with Crippen molar-refractivity contribution < 1.29 is 9.53 Å². The predicted octanol–water partition coefficient (Wildman–Crippen LogP) is 4.08. The molecule has 21 heavy (non-hydrogen) atoms. The molecule has 2 rings (SSSR count). The Balaban J connectivity index is 2.44. The van der Waals surface area contributed by atoms with Crippen molar-refractivity contribution in [1.82, 2.24) is 4.90 Å². The van der Waals surface area contributed by atoms with Crippen molar-refractivity contribution in [2.45, 2.75) is 0 Å². The van der Waals surface area contributed by atoms with Crippen LogP contribution in [0.15, 0.2) is 35.3 Å². The average molecular weight is 323 g/mol. The van der Waals surface area contributed by atoms with Crippen LogP contribution in [0.25, 0.3) is 10.4 Å². The smallest absolute Gasteiger partial charge is 0.350 e. The molecule has 0 aliphatic rings. The first kappa shape index (κ1) is 15.5. The second kappa shape index (κ2) is 6.74. The van der Waals surface area contributed by atoms with Crippen molar-refractivity contribution in [3.63, 3.8) is 0 Å². The van der Waals surface area contributed by atoms with Gasteiger partial charge >= 0.3 is 5.97 Å². The maximum absolute atomic E-state index is 11.9. The molecular formula is C15H15ClN2O2S. The van der Waals surface area contributed by atoms with E-state index >= 15 is 0 Å². The second-order valence-corrected chi connectivity index (χ2v) is 6.02. The number of hydrogen-bond donors (Lipinski definition) is 0. The topological polar surface area (TPSA) is 41.9 Å². The van der Waals surface area contributed by atoms with E-state index in [1.807, 2.05) is 44.4 Å². The van der Waals surface area contributed by atoms with E-state index in [9.17, 15) is 4.79 Å². The first-order valence-electron chi connectivity index (χ1n) is 6.20. The van der Waals surface area contributed by atoms with Gasteiger partial charge in [-0.1, -0.05) is 23.7 Å². The summed E-state index contributed by atoms with van der Waals surface area (Å²) >= 11 is 7.25. The third-order valence-corrected chi connectivity index (χ3v) is 4.05. The lowest BCUT2D eigenvalue weighted by molar-refractivity contribution is 0.0607. The average Bonchev–Trinajstić information content (AvgIpc) is 2.89. The van der Waals surface area contributed by atoms with E-state index in [0.29, 0.717) is 15.6 Å². The molecule has 0 bridgehead atoms. The number of thiophene rings is 1. The number of methoxy groups -OCH3 is 1. The first-order chi connectivity index (χ1) is 10.0. The highest BCUT2D eigenvalue weighted by molar-refractivity contribution is 7.18. The van der Waals surface area contributed by atoms with E-state index in [1.165, 1.54) is 18.4 Å². The van der Waals surface area contributed by atoms with Gasteiger partial charge in [0.1, 0.15) is 4.88 Å². The Labute approximate surface area is 132 Å². The number of carbonyl (C=O) groups excluding carboxylic acids is 1. The summed E-state index contributed by atoms with van der Waals surface area (Å²) in [6.07, 6.45) is 1.65. The van der Waals surface area contributed by atoms with Gasteiger partial charge < -0.3 is 9.64 Å². The maximum atomic E-state index is 11.9. The number of benzene rings is 1. The normalized spacial score (nSPS) is 10.9. The zero-order chi connectivity index (χ0) is 15.4. The van der Waals surface area contributed by atoms with Gasteiger partial charge in [-0.15, -0.1) is 11.3 Å². The van der Waals surface area contributed by atoms with Gasteiger partial charge in [0.25, 0.3) is 0 Å². The van der Waals surface area contributed by atoms with Gasteiger partial charge in [0.2, 0.25) is 0 Å². The minimum atomic E-state index is -0.383. The lowest BCUT2D eigenvalue weighted by Crippen LogP contribution is -2.07. The van der Waals surface area contributed by atoms with Gasteiger partial charge in [-0.05, 0) is 23.8 Å². The minimum absolute atomic E-state index is 0.383. The van der Waals surface area contributed by atoms with Gasteiger partial charge in [-0.3, -0.25) is 0 Å². The van der Waals surface area contributed by atoms with Crippen molar-refractivity contribution in [3.05, 3.63) is 40.2 Å². The molecule has 0 unspecified atom stereocenters. The lowest BCUT2D eigenvalue weighted by Gasteiger charge is -2.02. The molecule has 0 fully saturated rings. The standard InChI is InChI=1S/C15H15ClN2O2S/c1-18(2)9-17-12-8-13(21-14(12)15(19)20-3)10-4-6-11(16)7-5-10/h4-9H,1-3H3/b17-9-. The van der Waals surface area contributed by atoms with E-state index in [-0.39, 0.29) is 5.97 Å². The summed E-state index contributed by atoms with van der Waals surface area (Å²) < 4.78 is 4.81. The molecule has 0 radical (unpaired) electrons. The van der Waals surface area contributed by atoms with E-state index in [0.717, 1.165) is 10.4 Å². The predicted molar refractivity (Wildman–Crippen MR) is 87.9 cm³/mol. The fourth-order valence-corrected chi connectivity index (χ4v) is 2.80. The highest BCUT2D eigenvalue weighted by Gasteiger charge is 2.17. The van der Waals surface area contributed by atoms with Crippen LogP contribution in [0.4, 0.5) is 5.69 Å². The number of esters is 1. The van der Waals surface area contributed by atoms with E-state index < -0.39 is 0 Å². The van der Waals surface area contributed by atoms with Crippen molar-refractivity contribution in [1.29, 1.82) is 0 Å². The van der Waals surface area contributed by atoms with Gasteiger partial charge in [-0.25, -0.2) is 9.79 Å². The van der Waals surface area contributed by atoms with Gasteiger partial charge in [-0.2, -0.15) is 0 Å². The summed E-state index contributed by atoms with van der Waals surface area (Å²) in [6.45, 7) is 0. The maximum Gasteiger partial charge on any atom is 0.350 e. The summed E-state index contributed by atoms with van der Waals surface area (Å²) in [5, 5.41) is 0.675. The van der Waals surface area contributed by atoms with E-state index in [2.05, 4.69) is 4.99 Å². The van der Waals surface area contributed by atoms with Crippen LogP contribution in [0, 0.1) is 0 Å². The Morgan fingerprint density at radius 2 is 2.00 bits per heavy atom. The van der Waals surface area contributed by atoms with Crippen molar-refractivity contribution in [2.75, 3.05) is 21.2 Å². The zero-order valence-corrected chi connectivity index (χ0v) is 13.5. The Bertz CT molecular complexity index is 663. The monoisotopic (exact) mass is 322 g/mol. The molecular weight excluding hydrogens is 308 g/mol. The molecule has 2 aromatic rings. The van der Waals surface area contributed by atoms with Crippen LogP contribution in [0.5, 0.6) is 0 Å². The summed E-state index contributed by atoms with van der Waals surface area (Å²) in [7, 11) is 5.10. The molecule has 0 aliphatic carbocycles. The van der Waals surface area contributed by atoms with Gasteiger partial charge in [0.05, 0.1) is 19.1 Å². The van der Waals surface area contributed by atoms with Crippen molar-refractivity contribution >= 4 is 40.9 Å². The molecule has 0 saturated carbocycles. The zero-order valence-electron chi connectivity index (χ0n) is 12.0. The molecule has 0 amide bonds. The van der Waals surface area contributed by atoms with Crippen LogP contribution in [-0.4, -0.2) is 38.4 Å². The highest BCUT2D eigenvalue weighted by Crippen LogP contribution is 2.37. The molecule has 1 aromatic heterocycles. The Morgan fingerprint density at radius 3 is 2.57 bits per heavy atom. The molecule has 1 aromatic carbocycles. The molecule has 0 N–H and O–H groups in total. The highest BCUT2D eigenvalue weighted by atomic mass is 35.5. The number of ether oxygens (including phenoxy) is 1. The van der Waals surface area contributed by atoms with E-state index in [4.69, 9.17) is 16.3 Å². The number of carbonyl (C=O) groups is 1. The molecule has 1 heterocycles. The Kier molecular flexibility index (Phi) is 4.98. The van der Waals surface area contributed by atoms with Crippen LogP contribution in [-0.2, 0) is 4.74 Å².